The van der Waals surface area contributed by atoms with Crippen LogP contribution in [0.1, 0.15) is 12.0 Å². The molecule has 0 aliphatic heterocycles. The van der Waals surface area contributed by atoms with E-state index in [9.17, 15) is 0 Å². The van der Waals surface area contributed by atoms with Crippen LogP contribution >= 0.6 is 0 Å². The standard InChI is InChI=1S/C19H25NO3/c1-21-14-5-12-20-13-15-22-18-8-10-19(11-9-18)23-16-17-6-3-2-4-7-17/h2-4,6-11,20H,5,12-16H2,1H3/p+1. The Morgan fingerprint density at radius 3 is 2.17 bits per heavy atom. The Kier molecular flexibility index (Phi) is 8.02. The number of quaternary nitrogens is 1. The van der Waals surface area contributed by atoms with E-state index in [0.29, 0.717) is 13.2 Å². The second-order valence-electron chi connectivity index (χ2n) is 5.31. The van der Waals surface area contributed by atoms with Gasteiger partial charge >= 0.3 is 0 Å². The quantitative estimate of drug-likeness (QED) is 0.647. The number of hydrogen-bond acceptors (Lipinski definition) is 3. The molecule has 0 radical (unpaired) electrons. The molecule has 0 aliphatic carbocycles. The lowest BCUT2D eigenvalue weighted by Gasteiger charge is -2.08. The highest BCUT2D eigenvalue weighted by Gasteiger charge is 1.98. The maximum atomic E-state index is 5.75. The van der Waals surface area contributed by atoms with Gasteiger partial charge in [-0.25, -0.2) is 0 Å². The minimum absolute atomic E-state index is 0.581. The number of rotatable bonds is 11. The van der Waals surface area contributed by atoms with Gasteiger partial charge in [0.2, 0.25) is 0 Å². The summed E-state index contributed by atoms with van der Waals surface area (Å²) in [6, 6.07) is 17.9. The van der Waals surface area contributed by atoms with Crippen molar-refractivity contribution in [2.45, 2.75) is 13.0 Å². The number of benzene rings is 2. The van der Waals surface area contributed by atoms with E-state index in [-0.39, 0.29) is 0 Å². The highest BCUT2D eigenvalue weighted by atomic mass is 16.5. The summed E-state index contributed by atoms with van der Waals surface area (Å²) in [5.74, 6) is 1.73. The van der Waals surface area contributed by atoms with Crippen LogP contribution in [0.3, 0.4) is 0 Å². The third kappa shape index (κ3) is 7.17. The predicted molar refractivity (Wildman–Crippen MR) is 90.9 cm³/mol. The van der Waals surface area contributed by atoms with Gasteiger partial charge in [0.15, 0.2) is 0 Å². The summed E-state index contributed by atoms with van der Waals surface area (Å²) in [5, 5.41) is 2.25. The lowest BCUT2D eigenvalue weighted by Crippen LogP contribution is -2.85. The summed E-state index contributed by atoms with van der Waals surface area (Å²) >= 11 is 0. The van der Waals surface area contributed by atoms with Gasteiger partial charge < -0.3 is 19.5 Å². The average Bonchev–Trinajstić information content (AvgIpc) is 2.61. The molecule has 2 aromatic rings. The molecule has 0 amide bonds. The smallest absolute Gasteiger partial charge is 0.137 e. The van der Waals surface area contributed by atoms with E-state index in [1.807, 2.05) is 42.5 Å². The molecule has 0 bridgehead atoms. The first-order chi connectivity index (χ1) is 11.4. The second-order valence-corrected chi connectivity index (χ2v) is 5.31. The van der Waals surface area contributed by atoms with Crippen LogP contribution in [0.15, 0.2) is 54.6 Å². The second kappa shape index (κ2) is 10.6. The van der Waals surface area contributed by atoms with E-state index >= 15 is 0 Å². The van der Waals surface area contributed by atoms with Crippen LogP contribution in [0.2, 0.25) is 0 Å². The molecule has 0 fully saturated rings. The van der Waals surface area contributed by atoms with E-state index in [1.165, 1.54) is 0 Å². The molecule has 124 valence electrons. The van der Waals surface area contributed by atoms with E-state index < -0.39 is 0 Å². The molecule has 4 nitrogen and oxygen atoms in total. The fourth-order valence-corrected chi connectivity index (χ4v) is 2.15. The average molecular weight is 316 g/mol. The van der Waals surface area contributed by atoms with Crippen molar-refractivity contribution in [3.05, 3.63) is 60.2 Å². The summed E-state index contributed by atoms with van der Waals surface area (Å²) in [5.41, 5.74) is 1.16. The lowest BCUT2D eigenvalue weighted by atomic mass is 10.2. The first-order valence-corrected chi connectivity index (χ1v) is 8.08. The summed E-state index contributed by atoms with van der Waals surface area (Å²) in [6.45, 7) is 4.13. The molecule has 0 saturated heterocycles. The number of nitrogens with two attached hydrogens (primary N) is 1. The highest BCUT2D eigenvalue weighted by molar-refractivity contribution is 5.31. The molecular weight excluding hydrogens is 290 g/mol. The summed E-state index contributed by atoms with van der Waals surface area (Å²) in [7, 11) is 1.73. The van der Waals surface area contributed by atoms with E-state index in [1.54, 1.807) is 7.11 Å². The minimum atomic E-state index is 0.581. The van der Waals surface area contributed by atoms with Crippen molar-refractivity contribution in [3.63, 3.8) is 0 Å². The Bertz CT molecular complexity index is 528. The van der Waals surface area contributed by atoms with Gasteiger partial charge in [-0.2, -0.15) is 0 Å². The van der Waals surface area contributed by atoms with Crippen molar-refractivity contribution in [2.75, 3.05) is 33.4 Å². The number of ether oxygens (including phenoxy) is 3. The Balaban J connectivity index is 1.62. The molecule has 0 saturated carbocycles. The maximum absolute atomic E-state index is 5.75. The van der Waals surface area contributed by atoms with Gasteiger partial charge in [-0.05, 0) is 29.8 Å². The van der Waals surface area contributed by atoms with Crippen LogP contribution in [0.5, 0.6) is 11.5 Å². The van der Waals surface area contributed by atoms with Crippen LogP contribution in [0.4, 0.5) is 0 Å². The fourth-order valence-electron chi connectivity index (χ4n) is 2.15. The zero-order valence-corrected chi connectivity index (χ0v) is 13.7. The highest BCUT2D eigenvalue weighted by Crippen LogP contribution is 2.18. The fraction of sp³-hybridized carbons (Fsp3) is 0.368. The minimum Gasteiger partial charge on any atom is -0.489 e. The summed E-state index contributed by atoms with van der Waals surface area (Å²) in [4.78, 5) is 0. The molecule has 2 rings (SSSR count). The molecule has 0 atom stereocenters. The van der Waals surface area contributed by atoms with Crippen molar-refractivity contribution in [1.82, 2.24) is 0 Å². The maximum Gasteiger partial charge on any atom is 0.137 e. The molecule has 0 spiro atoms. The monoisotopic (exact) mass is 316 g/mol. The number of hydrogen-bond donors (Lipinski definition) is 1. The molecule has 4 heteroatoms. The van der Waals surface area contributed by atoms with Crippen LogP contribution in [-0.4, -0.2) is 33.4 Å². The molecule has 0 aliphatic rings. The summed E-state index contributed by atoms with van der Waals surface area (Å²) < 4.78 is 16.5. The lowest BCUT2D eigenvalue weighted by molar-refractivity contribution is -0.655. The predicted octanol–water partition coefficient (Wildman–Crippen LogP) is 2.24. The first-order valence-electron chi connectivity index (χ1n) is 8.08. The van der Waals surface area contributed by atoms with Crippen LogP contribution in [0.25, 0.3) is 0 Å². The van der Waals surface area contributed by atoms with Gasteiger partial charge in [0.1, 0.15) is 31.3 Å². The van der Waals surface area contributed by atoms with E-state index in [4.69, 9.17) is 14.2 Å². The Morgan fingerprint density at radius 1 is 0.783 bits per heavy atom. The Hall–Kier alpha value is -2.04. The Morgan fingerprint density at radius 2 is 1.48 bits per heavy atom. The van der Waals surface area contributed by atoms with Crippen molar-refractivity contribution in [3.8, 4) is 11.5 Å². The van der Waals surface area contributed by atoms with Gasteiger partial charge in [0.25, 0.3) is 0 Å². The van der Waals surface area contributed by atoms with Crippen LogP contribution < -0.4 is 14.8 Å². The molecular formula is C19H26NO3+. The van der Waals surface area contributed by atoms with Gasteiger partial charge in [-0.1, -0.05) is 30.3 Å². The normalized spacial score (nSPS) is 10.5. The third-order valence-electron chi connectivity index (χ3n) is 3.42. The van der Waals surface area contributed by atoms with Crippen molar-refractivity contribution >= 4 is 0 Å². The molecule has 2 N–H and O–H groups in total. The van der Waals surface area contributed by atoms with Crippen molar-refractivity contribution in [2.24, 2.45) is 0 Å². The summed E-state index contributed by atoms with van der Waals surface area (Å²) in [6.07, 6.45) is 1.07. The molecule has 23 heavy (non-hydrogen) atoms. The third-order valence-corrected chi connectivity index (χ3v) is 3.42. The molecule has 0 aromatic heterocycles. The first kappa shape index (κ1) is 17.3. The van der Waals surface area contributed by atoms with Gasteiger partial charge in [0, 0.05) is 13.5 Å². The van der Waals surface area contributed by atoms with Gasteiger partial charge in [-0.3, -0.25) is 0 Å². The Labute approximate surface area is 138 Å². The van der Waals surface area contributed by atoms with Crippen molar-refractivity contribution < 1.29 is 19.5 Å². The van der Waals surface area contributed by atoms with Gasteiger partial charge in [-0.15, -0.1) is 0 Å². The molecule has 0 unspecified atom stereocenters. The van der Waals surface area contributed by atoms with Gasteiger partial charge in [0.05, 0.1) is 13.2 Å². The number of methoxy groups -OCH3 is 1. The topological polar surface area (TPSA) is 44.3 Å². The van der Waals surface area contributed by atoms with E-state index in [0.717, 1.165) is 43.2 Å². The SMILES string of the molecule is COCCC[NH2+]CCOc1ccc(OCc2ccccc2)cc1. The van der Waals surface area contributed by atoms with Crippen LogP contribution in [0, 0.1) is 0 Å². The largest absolute Gasteiger partial charge is 0.489 e. The molecule has 2 aromatic carbocycles. The molecule has 0 heterocycles. The zero-order chi connectivity index (χ0) is 16.2. The van der Waals surface area contributed by atoms with Crippen LogP contribution in [-0.2, 0) is 11.3 Å². The van der Waals surface area contributed by atoms with Crippen molar-refractivity contribution in [1.29, 1.82) is 0 Å². The van der Waals surface area contributed by atoms with E-state index in [2.05, 4.69) is 17.4 Å². The zero-order valence-electron chi connectivity index (χ0n) is 13.7.